The van der Waals surface area contributed by atoms with Gasteiger partial charge in [-0.05, 0) is 36.8 Å². The molecule has 98 valence electrons. The van der Waals surface area contributed by atoms with E-state index in [-0.39, 0.29) is 5.78 Å². The highest BCUT2D eigenvalue weighted by molar-refractivity contribution is 6.11. The van der Waals surface area contributed by atoms with Crippen LogP contribution in [0.4, 0.5) is 4.39 Å². The molecule has 0 saturated carbocycles. The lowest BCUT2D eigenvalue weighted by molar-refractivity contribution is 0.103. The molecule has 1 heterocycles. The zero-order valence-corrected chi connectivity index (χ0v) is 10.9. The summed E-state index contributed by atoms with van der Waals surface area (Å²) in [6.45, 7) is 1.80. The Labute approximate surface area is 115 Å². The van der Waals surface area contributed by atoms with Gasteiger partial charge in [0, 0.05) is 22.7 Å². The van der Waals surface area contributed by atoms with Gasteiger partial charge in [0.2, 0.25) is 0 Å². The fourth-order valence-corrected chi connectivity index (χ4v) is 2.20. The summed E-state index contributed by atoms with van der Waals surface area (Å²) in [5, 5.41) is 0.972. The van der Waals surface area contributed by atoms with Gasteiger partial charge >= 0.3 is 0 Å². The van der Waals surface area contributed by atoms with Crippen LogP contribution in [-0.4, -0.2) is 10.8 Å². The predicted octanol–water partition coefficient (Wildman–Crippen LogP) is 3.91. The Morgan fingerprint density at radius 1 is 1.10 bits per heavy atom. The van der Waals surface area contributed by atoms with Crippen molar-refractivity contribution in [1.29, 1.82) is 0 Å². The van der Waals surface area contributed by atoms with Crippen molar-refractivity contribution in [3.63, 3.8) is 0 Å². The monoisotopic (exact) mass is 265 g/mol. The number of aryl methyl sites for hydroxylation is 1. The number of carbonyl (C=O) groups excluding carboxylic acids is 1. The van der Waals surface area contributed by atoms with Crippen molar-refractivity contribution >= 4 is 16.7 Å². The van der Waals surface area contributed by atoms with Crippen LogP contribution in [0.3, 0.4) is 0 Å². The summed E-state index contributed by atoms with van der Waals surface area (Å²) >= 11 is 0. The number of halogens is 1. The van der Waals surface area contributed by atoms with E-state index in [0.29, 0.717) is 11.1 Å². The minimum Gasteiger partial charge on any atom is -0.289 e. The van der Waals surface area contributed by atoms with Gasteiger partial charge in [-0.2, -0.15) is 0 Å². The average Bonchev–Trinajstić information content (AvgIpc) is 2.48. The lowest BCUT2D eigenvalue weighted by Crippen LogP contribution is -2.04. The third-order valence-electron chi connectivity index (χ3n) is 3.31. The third kappa shape index (κ3) is 2.18. The fourth-order valence-electron chi connectivity index (χ4n) is 2.20. The van der Waals surface area contributed by atoms with Crippen molar-refractivity contribution in [3.05, 3.63) is 77.2 Å². The molecule has 0 saturated heterocycles. The van der Waals surface area contributed by atoms with Crippen molar-refractivity contribution < 1.29 is 9.18 Å². The number of pyridine rings is 1. The molecule has 3 heteroatoms. The molecule has 0 atom stereocenters. The van der Waals surface area contributed by atoms with Gasteiger partial charge in [-0.15, -0.1) is 0 Å². The molecule has 1 aromatic heterocycles. The van der Waals surface area contributed by atoms with Crippen LogP contribution in [0.2, 0.25) is 0 Å². The number of carbonyl (C=O) groups is 1. The first-order valence-corrected chi connectivity index (χ1v) is 6.31. The summed E-state index contributed by atoms with van der Waals surface area (Å²) < 4.78 is 13.3. The summed E-state index contributed by atoms with van der Waals surface area (Å²) in [6.07, 6.45) is 1.68. The molecule has 2 aromatic carbocycles. The maximum absolute atomic E-state index is 13.3. The van der Waals surface area contributed by atoms with Gasteiger partial charge in [-0.1, -0.05) is 24.3 Å². The van der Waals surface area contributed by atoms with E-state index in [9.17, 15) is 9.18 Å². The summed E-state index contributed by atoms with van der Waals surface area (Å²) in [4.78, 5) is 16.7. The number of rotatable bonds is 2. The minimum atomic E-state index is -0.405. The maximum Gasteiger partial charge on any atom is 0.193 e. The molecule has 0 unspecified atom stereocenters. The molecule has 0 N–H and O–H groups in total. The second-order valence-electron chi connectivity index (χ2n) is 4.70. The van der Waals surface area contributed by atoms with Gasteiger partial charge in [0.05, 0.1) is 5.52 Å². The van der Waals surface area contributed by atoms with Gasteiger partial charge in [0.1, 0.15) is 5.82 Å². The Bertz CT molecular complexity index is 811. The Kier molecular flexibility index (Phi) is 3.03. The zero-order valence-electron chi connectivity index (χ0n) is 10.9. The Morgan fingerprint density at radius 2 is 1.95 bits per heavy atom. The first-order valence-electron chi connectivity index (χ1n) is 6.31. The lowest BCUT2D eigenvalue weighted by atomic mass is 9.98. The first-order chi connectivity index (χ1) is 9.65. The van der Waals surface area contributed by atoms with Crippen LogP contribution in [0, 0.1) is 12.7 Å². The largest absolute Gasteiger partial charge is 0.289 e. The van der Waals surface area contributed by atoms with Crippen molar-refractivity contribution in [2.75, 3.05) is 0 Å². The summed E-state index contributed by atoms with van der Waals surface area (Å²) in [6, 6.07) is 13.4. The van der Waals surface area contributed by atoms with Gasteiger partial charge in [-0.25, -0.2) is 4.39 Å². The van der Waals surface area contributed by atoms with E-state index in [0.717, 1.165) is 16.5 Å². The molecule has 2 nitrogen and oxygen atoms in total. The van der Waals surface area contributed by atoms with Crippen molar-refractivity contribution in [3.8, 4) is 0 Å². The second kappa shape index (κ2) is 4.85. The molecule has 0 fully saturated rings. The second-order valence-corrected chi connectivity index (χ2v) is 4.70. The van der Waals surface area contributed by atoms with E-state index < -0.39 is 5.82 Å². The number of hydrogen-bond acceptors (Lipinski definition) is 2. The molecular weight excluding hydrogens is 253 g/mol. The van der Waals surface area contributed by atoms with Crippen LogP contribution in [0.1, 0.15) is 21.5 Å². The van der Waals surface area contributed by atoms with Crippen LogP contribution in [0.25, 0.3) is 10.9 Å². The lowest BCUT2D eigenvalue weighted by Gasteiger charge is -2.06. The van der Waals surface area contributed by atoms with Gasteiger partial charge in [0.25, 0.3) is 0 Å². The number of aromatic nitrogens is 1. The number of fused-ring (bicyclic) bond motifs is 1. The number of ketones is 1. The van der Waals surface area contributed by atoms with Crippen LogP contribution in [-0.2, 0) is 0 Å². The maximum atomic E-state index is 13.3. The summed E-state index contributed by atoms with van der Waals surface area (Å²) in [7, 11) is 0. The van der Waals surface area contributed by atoms with E-state index in [2.05, 4.69) is 4.98 Å². The average molecular weight is 265 g/mol. The van der Waals surface area contributed by atoms with Crippen molar-refractivity contribution in [1.82, 2.24) is 4.98 Å². The molecule has 3 aromatic rings. The number of hydrogen-bond donors (Lipinski definition) is 0. The van der Waals surface area contributed by atoms with Crippen LogP contribution >= 0.6 is 0 Å². The molecule has 3 rings (SSSR count). The number of nitrogens with zero attached hydrogens (tertiary/aromatic N) is 1. The highest BCUT2D eigenvalue weighted by atomic mass is 19.1. The molecule has 0 aliphatic carbocycles. The van der Waals surface area contributed by atoms with E-state index in [1.54, 1.807) is 31.3 Å². The zero-order chi connectivity index (χ0) is 14.1. The molecular formula is C17H12FNO. The first kappa shape index (κ1) is 12.5. The number of benzene rings is 2. The van der Waals surface area contributed by atoms with Crippen LogP contribution in [0.15, 0.2) is 54.7 Å². The standard InChI is InChI=1S/C17H12FNO/c1-11-4-7-14(18)10-15(11)17(20)13-6-5-12-3-2-8-19-16(12)9-13/h2-10H,1H3. The normalized spacial score (nSPS) is 10.7. The quantitative estimate of drug-likeness (QED) is 0.657. The highest BCUT2D eigenvalue weighted by Gasteiger charge is 2.13. The fraction of sp³-hybridized carbons (Fsp3) is 0.0588. The molecule has 0 bridgehead atoms. The van der Waals surface area contributed by atoms with Crippen LogP contribution in [0.5, 0.6) is 0 Å². The van der Waals surface area contributed by atoms with E-state index in [1.807, 2.05) is 18.2 Å². The molecule has 0 aliphatic rings. The molecule has 0 amide bonds. The topological polar surface area (TPSA) is 30.0 Å². The smallest absolute Gasteiger partial charge is 0.193 e. The van der Waals surface area contributed by atoms with Gasteiger partial charge < -0.3 is 0 Å². The highest BCUT2D eigenvalue weighted by Crippen LogP contribution is 2.19. The third-order valence-corrected chi connectivity index (χ3v) is 3.31. The minimum absolute atomic E-state index is 0.186. The van der Waals surface area contributed by atoms with Crippen molar-refractivity contribution in [2.24, 2.45) is 0 Å². The molecule has 0 aliphatic heterocycles. The van der Waals surface area contributed by atoms with E-state index in [1.165, 1.54) is 12.1 Å². The van der Waals surface area contributed by atoms with Gasteiger partial charge in [-0.3, -0.25) is 9.78 Å². The van der Waals surface area contributed by atoms with E-state index >= 15 is 0 Å². The molecule has 20 heavy (non-hydrogen) atoms. The van der Waals surface area contributed by atoms with Gasteiger partial charge in [0.15, 0.2) is 5.78 Å². The molecule has 0 spiro atoms. The SMILES string of the molecule is Cc1ccc(F)cc1C(=O)c1ccc2cccnc2c1. The Hall–Kier alpha value is -2.55. The van der Waals surface area contributed by atoms with Crippen LogP contribution < -0.4 is 0 Å². The summed E-state index contributed by atoms with van der Waals surface area (Å²) in [5.41, 5.74) is 2.43. The Morgan fingerprint density at radius 3 is 2.80 bits per heavy atom. The van der Waals surface area contributed by atoms with E-state index in [4.69, 9.17) is 0 Å². The summed E-state index contributed by atoms with van der Waals surface area (Å²) in [5.74, 6) is -0.590. The predicted molar refractivity (Wildman–Crippen MR) is 76.3 cm³/mol. The molecule has 0 radical (unpaired) electrons. The Balaban J connectivity index is 2.10. The van der Waals surface area contributed by atoms with Crippen molar-refractivity contribution in [2.45, 2.75) is 6.92 Å².